The van der Waals surface area contributed by atoms with E-state index in [2.05, 4.69) is 5.32 Å². The number of amides is 2. The van der Waals surface area contributed by atoms with Crippen LogP contribution in [0.1, 0.15) is 24.2 Å². The van der Waals surface area contributed by atoms with Gasteiger partial charge in [-0.05, 0) is 18.6 Å². The Morgan fingerprint density at radius 2 is 1.75 bits per heavy atom. The fraction of sp³-hybridized carbons (Fsp3) is 0.222. The highest BCUT2D eigenvalue weighted by atomic mass is 35.5. The summed E-state index contributed by atoms with van der Waals surface area (Å²) in [6, 6.07) is 14.8. The Kier molecular flexibility index (Phi) is 6.21. The molecule has 0 aliphatic carbocycles. The quantitative estimate of drug-likeness (QED) is 0.788. The summed E-state index contributed by atoms with van der Waals surface area (Å²) in [7, 11) is 0. The molecule has 0 saturated heterocycles. The molecule has 0 saturated carbocycles. The number of ether oxygens (including phenoxy) is 1. The molecule has 0 fully saturated rings. The van der Waals surface area contributed by atoms with Crippen molar-refractivity contribution in [2.24, 2.45) is 5.73 Å². The summed E-state index contributed by atoms with van der Waals surface area (Å²) >= 11 is 6.12. The SMILES string of the molecule is C[C@H](OC(=O)[C@H](Cc1ccccc1)NC(N)=O)c1ccccc1Cl. The van der Waals surface area contributed by atoms with Gasteiger partial charge < -0.3 is 15.8 Å². The zero-order chi connectivity index (χ0) is 17.5. The van der Waals surface area contributed by atoms with Crippen LogP contribution < -0.4 is 11.1 Å². The van der Waals surface area contributed by atoms with Crippen LogP contribution in [0.2, 0.25) is 5.02 Å². The topological polar surface area (TPSA) is 81.4 Å². The zero-order valence-corrected chi connectivity index (χ0v) is 14.0. The van der Waals surface area contributed by atoms with E-state index in [9.17, 15) is 9.59 Å². The molecule has 5 nitrogen and oxygen atoms in total. The van der Waals surface area contributed by atoms with Gasteiger partial charge in [0.05, 0.1) is 0 Å². The van der Waals surface area contributed by atoms with E-state index in [0.717, 1.165) is 5.56 Å². The number of urea groups is 1. The van der Waals surface area contributed by atoms with Gasteiger partial charge >= 0.3 is 12.0 Å². The van der Waals surface area contributed by atoms with Crippen LogP contribution in [-0.2, 0) is 16.0 Å². The molecule has 2 aromatic carbocycles. The Morgan fingerprint density at radius 3 is 2.38 bits per heavy atom. The third kappa shape index (κ3) is 4.99. The van der Waals surface area contributed by atoms with Gasteiger partial charge in [0.2, 0.25) is 0 Å². The highest BCUT2D eigenvalue weighted by Crippen LogP contribution is 2.25. The van der Waals surface area contributed by atoms with Crippen LogP contribution in [0, 0.1) is 0 Å². The first-order valence-electron chi connectivity index (χ1n) is 7.52. The lowest BCUT2D eigenvalue weighted by Crippen LogP contribution is -2.46. The molecule has 0 aliphatic rings. The van der Waals surface area contributed by atoms with Crippen LogP contribution in [0.25, 0.3) is 0 Å². The number of halogens is 1. The van der Waals surface area contributed by atoms with E-state index >= 15 is 0 Å². The second kappa shape index (κ2) is 8.36. The molecular formula is C18H19ClN2O3. The number of carbonyl (C=O) groups is 2. The number of rotatable bonds is 6. The average Bonchev–Trinajstić information content (AvgIpc) is 2.55. The monoisotopic (exact) mass is 346 g/mol. The van der Waals surface area contributed by atoms with Crippen molar-refractivity contribution in [1.29, 1.82) is 0 Å². The van der Waals surface area contributed by atoms with E-state index in [1.54, 1.807) is 25.1 Å². The van der Waals surface area contributed by atoms with E-state index in [4.69, 9.17) is 22.1 Å². The molecule has 0 aromatic heterocycles. The molecule has 0 bridgehead atoms. The Labute approximate surface area is 145 Å². The van der Waals surface area contributed by atoms with Crippen LogP contribution in [0.4, 0.5) is 4.79 Å². The average molecular weight is 347 g/mol. The van der Waals surface area contributed by atoms with Crippen molar-refractivity contribution in [2.75, 3.05) is 0 Å². The van der Waals surface area contributed by atoms with Gasteiger partial charge in [0, 0.05) is 17.0 Å². The number of esters is 1. The Bertz CT molecular complexity index is 706. The minimum Gasteiger partial charge on any atom is -0.456 e. The van der Waals surface area contributed by atoms with Crippen molar-refractivity contribution in [2.45, 2.75) is 25.5 Å². The standard InChI is InChI=1S/C18H19ClN2O3/c1-12(14-9-5-6-10-15(14)19)24-17(22)16(21-18(20)23)11-13-7-3-2-4-8-13/h2-10,12,16H,11H2,1H3,(H3,20,21,23)/t12-,16-/m0/s1. The highest BCUT2D eigenvalue weighted by Gasteiger charge is 2.24. The Morgan fingerprint density at radius 1 is 1.12 bits per heavy atom. The maximum absolute atomic E-state index is 12.4. The van der Waals surface area contributed by atoms with Crippen molar-refractivity contribution in [3.8, 4) is 0 Å². The molecule has 3 N–H and O–H groups in total. The molecule has 126 valence electrons. The third-order valence-electron chi connectivity index (χ3n) is 3.52. The molecule has 2 amide bonds. The van der Waals surface area contributed by atoms with Crippen LogP contribution in [0.15, 0.2) is 54.6 Å². The van der Waals surface area contributed by atoms with E-state index in [0.29, 0.717) is 10.6 Å². The smallest absolute Gasteiger partial charge is 0.329 e. The van der Waals surface area contributed by atoms with Gasteiger partial charge in [0.15, 0.2) is 0 Å². The fourth-order valence-corrected chi connectivity index (χ4v) is 2.63. The largest absolute Gasteiger partial charge is 0.456 e. The zero-order valence-electron chi connectivity index (χ0n) is 13.2. The van der Waals surface area contributed by atoms with Crippen molar-refractivity contribution < 1.29 is 14.3 Å². The fourth-order valence-electron chi connectivity index (χ4n) is 2.34. The van der Waals surface area contributed by atoms with Crippen molar-refractivity contribution in [3.05, 3.63) is 70.7 Å². The number of carbonyl (C=O) groups excluding carboxylic acids is 2. The lowest BCUT2D eigenvalue weighted by molar-refractivity contribution is -0.150. The Hall–Kier alpha value is -2.53. The van der Waals surface area contributed by atoms with Crippen LogP contribution in [-0.4, -0.2) is 18.0 Å². The van der Waals surface area contributed by atoms with Crippen LogP contribution in [0.5, 0.6) is 0 Å². The van der Waals surface area contributed by atoms with E-state index in [1.165, 1.54) is 0 Å². The predicted molar refractivity (Wildman–Crippen MR) is 92.6 cm³/mol. The molecular weight excluding hydrogens is 328 g/mol. The van der Waals surface area contributed by atoms with E-state index in [-0.39, 0.29) is 6.42 Å². The van der Waals surface area contributed by atoms with Gasteiger partial charge in [0.25, 0.3) is 0 Å². The van der Waals surface area contributed by atoms with E-state index < -0.39 is 24.1 Å². The maximum atomic E-state index is 12.4. The van der Waals surface area contributed by atoms with Crippen LogP contribution >= 0.6 is 11.6 Å². The maximum Gasteiger partial charge on any atom is 0.329 e. The van der Waals surface area contributed by atoms with Gasteiger partial charge in [0.1, 0.15) is 12.1 Å². The molecule has 2 aromatic rings. The highest BCUT2D eigenvalue weighted by molar-refractivity contribution is 6.31. The number of nitrogens with two attached hydrogens (primary N) is 1. The summed E-state index contributed by atoms with van der Waals surface area (Å²) < 4.78 is 5.46. The first-order valence-corrected chi connectivity index (χ1v) is 7.90. The molecule has 24 heavy (non-hydrogen) atoms. The summed E-state index contributed by atoms with van der Waals surface area (Å²) in [6.45, 7) is 1.73. The number of hydrogen-bond acceptors (Lipinski definition) is 3. The summed E-state index contributed by atoms with van der Waals surface area (Å²) in [4.78, 5) is 23.6. The minimum atomic E-state index is -0.866. The first kappa shape index (κ1) is 17.8. The summed E-state index contributed by atoms with van der Waals surface area (Å²) in [5.74, 6) is -0.565. The van der Waals surface area contributed by atoms with Gasteiger partial charge in [-0.1, -0.05) is 60.1 Å². The lowest BCUT2D eigenvalue weighted by atomic mass is 10.1. The molecule has 0 spiro atoms. The summed E-state index contributed by atoms with van der Waals surface area (Å²) in [5.41, 5.74) is 6.76. The summed E-state index contributed by atoms with van der Waals surface area (Å²) in [6.07, 6.45) is -0.253. The van der Waals surface area contributed by atoms with E-state index in [1.807, 2.05) is 36.4 Å². The second-order valence-electron chi connectivity index (χ2n) is 5.35. The first-order chi connectivity index (χ1) is 11.5. The predicted octanol–water partition coefficient (Wildman–Crippen LogP) is 3.22. The number of primary amides is 1. The molecule has 0 aliphatic heterocycles. The summed E-state index contributed by atoms with van der Waals surface area (Å²) in [5, 5.41) is 2.95. The molecule has 2 atom stereocenters. The van der Waals surface area contributed by atoms with Gasteiger partial charge in [-0.3, -0.25) is 0 Å². The second-order valence-corrected chi connectivity index (χ2v) is 5.76. The minimum absolute atomic E-state index is 0.290. The number of hydrogen-bond donors (Lipinski definition) is 2. The molecule has 0 heterocycles. The van der Waals surface area contributed by atoms with Crippen molar-refractivity contribution in [1.82, 2.24) is 5.32 Å². The van der Waals surface area contributed by atoms with Crippen molar-refractivity contribution >= 4 is 23.6 Å². The van der Waals surface area contributed by atoms with Crippen LogP contribution in [0.3, 0.4) is 0 Å². The molecule has 0 radical (unpaired) electrons. The van der Waals surface area contributed by atoms with Gasteiger partial charge in [-0.15, -0.1) is 0 Å². The number of nitrogens with one attached hydrogen (secondary N) is 1. The molecule has 6 heteroatoms. The molecule has 0 unspecified atom stereocenters. The van der Waals surface area contributed by atoms with Gasteiger partial charge in [-0.25, -0.2) is 9.59 Å². The normalized spacial score (nSPS) is 12.9. The van der Waals surface area contributed by atoms with Crippen molar-refractivity contribution in [3.63, 3.8) is 0 Å². The Balaban J connectivity index is 2.09. The molecule has 2 rings (SSSR count). The third-order valence-corrected chi connectivity index (χ3v) is 3.86. The number of benzene rings is 2. The lowest BCUT2D eigenvalue weighted by Gasteiger charge is -2.20. The van der Waals surface area contributed by atoms with Gasteiger partial charge in [-0.2, -0.15) is 0 Å².